The van der Waals surface area contributed by atoms with Gasteiger partial charge in [-0.05, 0) is 32.1 Å². The van der Waals surface area contributed by atoms with E-state index in [1.54, 1.807) is 7.11 Å². The van der Waals surface area contributed by atoms with Gasteiger partial charge in [-0.1, -0.05) is 0 Å². The van der Waals surface area contributed by atoms with E-state index in [1.807, 2.05) is 11.8 Å². The minimum absolute atomic E-state index is 0.0682. The Morgan fingerprint density at radius 3 is 2.84 bits per heavy atom. The van der Waals surface area contributed by atoms with Gasteiger partial charge in [-0.3, -0.25) is 5.32 Å². The summed E-state index contributed by atoms with van der Waals surface area (Å²) in [4.78, 5) is 18.0. The van der Waals surface area contributed by atoms with Crippen LogP contribution in [0.25, 0.3) is 0 Å². The number of methoxy groups -OCH3 is 1. The van der Waals surface area contributed by atoms with Gasteiger partial charge in [0, 0.05) is 38.3 Å². The number of urea groups is 1. The molecule has 0 unspecified atom stereocenters. The molecule has 1 aromatic heterocycles. The highest BCUT2D eigenvalue weighted by atomic mass is 32.1. The molecule has 0 aromatic carbocycles. The van der Waals surface area contributed by atoms with Crippen molar-refractivity contribution in [2.75, 3.05) is 32.1 Å². The maximum atomic E-state index is 12.0. The third-order valence-electron chi connectivity index (χ3n) is 3.37. The van der Waals surface area contributed by atoms with Gasteiger partial charge in [-0.25, -0.2) is 9.78 Å². The third-order valence-corrected chi connectivity index (χ3v) is 4.10. The van der Waals surface area contributed by atoms with E-state index >= 15 is 0 Å². The summed E-state index contributed by atoms with van der Waals surface area (Å²) in [5.41, 5.74) is 0. The lowest BCUT2D eigenvalue weighted by atomic mass is 9.94. The fraction of sp³-hybridized carbons (Fsp3) is 0.750. The molecular weight excluding hydrogens is 264 g/mol. The van der Waals surface area contributed by atoms with Crippen LogP contribution in [0, 0.1) is 12.8 Å². The molecule has 0 aliphatic carbocycles. The van der Waals surface area contributed by atoms with E-state index in [-0.39, 0.29) is 6.03 Å². The zero-order valence-corrected chi connectivity index (χ0v) is 12.2. The number of piperidine rings is 1. The summed E-state index contributed by atoms with van der Waals surface area (Å²) >= 11 is 1.22. The van der Waals surface area contributed by atoms with Crippen molar-refractivity contribution >= 4 is 22.7 Å². The predicted octanol–water partition coefficient (Wildman–Crippen LogP) is 2.13. The lowest BCUT2D eigenvalue weighted by Gasteiger charge is -2.31. The second kappa shape index (κ2) is 6.81. The van der Waals surface area contributed by atoms with Gasteiger partial charge in [-0.2, -0.15) is 4.37 Å². The van der Waals surface area contributed by atoms with Gasteiger partial charge in [-0.15, -0.1) is 0 Å². The monoisotopic (exact) mass is 284 g/mol. The Balaban J connectivity index is 1.76. The fourth-order valence-electron chi connectivity index (χ4n) is 2.23. The van der Waals surface area contributed by atoms with Gasteiger partial charge >= 0.3 is 6.03 Å². The second-order valence-corrected chi connectivity index (χ2v) is 5.54. The standard InChI is InChI=1S/C12H20N4O2S/c1-9-13-11(19-15-9)14-12(17)16-6-3-10(4-7-16)5-8-18-2/h10H,3-8H2,1-2H3,(H,13,14,15,17). The highest BCUT2D eigenvalue weighted by molar-refractivity contribution is 7.09. The van der Waals surface area contributed by atoms with Crippen molar-refractivity contribution in [3.63, 3.8) is 0 Å². The number of anilines is 1. The lowest BCUT2D eigenvalue weighted by molar-refractivity contribution is 0.144. The van der Waals surface area contributed by atoms with E-state index in [2.05, 4.69) is 14.7 Å². The molecule has 1 N–H and O–H groups in total. The molecule has 2 amide bonds. The van der Waals surface area contributed by atoms with Crippen LogP contribution < -0.4 is 5.32 Å². The van der Waals surface area contributed by atoms with E-state index < -0.39 is 0 Å². The number of hydrogen-bond acceptors (Lipinski definition) is 5. The van der Waals surface area contributed by atoms with Crippen molar-refractivity contribution in [3.8, 4) is 0 Å². The van der Waals surface area contributed by atoms with Gasteiger partial charge in [0.1, 0.15) is 5.82 Å². The summed E-state index contributed by atoms with van der Waals surface area (Å²) in [6.45, 7) is 4.23. The Morgan fingerprint density at radius 1 is 1.53 bits per heavy atom. The van der Waals surface area contributed by atoms with Gasteiger partial charge in [0.25, 0.3) is 0 Å². The number of amides is 2. The van der Waals surface area contributed by atoms with Crippen LogP contribution in [-0.2, 0) is 4.74 Å². The zero-order valence-electron chi connectivity index (χ0n) is 11.4. The molecule has 2 rings (SSSR count). The average molecular weight is 284 g/mol. The van der Waals surface area contributed by atoms with Crippen LogP contribution in [0.4, 0.5) is 9.93 Å². The van der Waals surface area contributed by atoms with Crippen molar-refractivity contribution in [2.45, 2.75) is 26.2 Å². The van der Waals surface area contributed by atoms with Crippen molar-refractivity contribution in [1.82, 2.24) is 14.3 Å². The molecule has 6 nitrogen and oxygen atoms in total. The first-order valence-electron chi connectivity index (χ1n) is 6.54. The maximum Gasteiger partial charge on any atom is 0.323 e. The molecule has 1 saturated heterocycles. The van der Waals surface area contributed by atoms with E-state index in [0.29, 0.717) is 16.9 Å². The summed E-state index contributed by atoms with van der Waals surface area (Å²) in [6.07, 6.45) is 3.18. The van der Waals surface area contributed by atoms with E-state index in [1.165, 1.54) is 11.5 Å². The lowest BCUT2D eigenvalue weighted by Crippen LogP contribution is -2.41. The van der Waals surface area contributed by atoms with Gasteiger partial charge in [0.2, 0.25) is 5.13 Å². The molecule has 0 spiro atoms. The van der Waals surface area contributed by atoms with E-state index in [0.717, 1.165) is 39.0 Å². The van der Waals surface area contributed by atoms with Crippen LogP contribution in [0.5, 0.6) is 0 Å². The Bertz CT molecular complexity index is 416. The molecular formula is C12H20N4O2S. The Labute approximate surface area is 117 Å². The van der Waals surface area contributed by atoms with E-state index in [4.69, 9.17) is 4.74 Å². The molecule has 1 aliphatic rings. The molecule has 7 heteroatoms. The van der Waals surface area contributed by atoms with Crippen LogP contribution in [-0.4, -0.2) is 47.1 Å². The van der Waals surface area contributed by atoms with Crippen molar-refractivity contribution in [2.24, 2.45) is 5.92 Å². The summed E-state index contributed by atoms with van der Waals surface area (Å²) in [7, 11) is 1.73. The van der Waals surface area contributed by atoms with Crippen LogP contribution >= 0.6 is 11.5 Å². The molecule has 2 heterocycles. The summed E-state index contributed by atoms with van der Waals surface area (Å²) in [5, 5.41) is 3.37. The number of rotatable bonds is 4. The molecule has 1 aliphatic heterocycles. The smallest absolute Gasteiger partial charge is 0.323 e. The molecule has 0 radical (unpaired) electrons. The maximum absolute atomic E-state index is 12.0. The normalized spacial score (nSPS) is 16.6. The number of hydrogen-bond donors (Lipinski definition) is 1. The second-order valence-electron chi connectivity index (χ2n) is 4.79. The summed E-state index contributed by atoms with van der Waals surface area (Å²) < 4.78 is 9.14. The van der Waals surface area contributed by atoms with E-state index in [9.17, 15) is 4.79 Å². The topological polar surface area (TPSA) is 67.3 Å². The number of carbonyl (C=O) groups is 1. The SMILES string of the molecule is COCCC1CCN(C(=O)Nc2nc(C)ns2)CC1. The zero-order chi connectivity index (χ0) is 13.7. The highest BCUT2D eigenvalue weighted by Gasteiger charge is 2.23. The minimum Gasteiger partial charge on any atom is -0.385 e. The number of likely N-dealkylation sites (tertiary alicyclic amines) is 1. The molecule has 1 fully saturated rings. The first-order valence-corrected chi connectivity index (χ1v) is 7.31. The first-order chi connectivity index (χ1) is 9.19. The van der Waals surface area contributed by atoms with Crippen LogP contribution in [0.1, 0.15) is 25.1 Å². The minimum atomic E-state index is -0.0682. The largest absolute Gasteiger partial charge is 0.385 e. The molecule has 0 atom stereocenters. The van der Waals surface area contributed by atoms with Crippen molar-refractivity contribution in [1.29, 1.82) is 0 Å². The van der Waals surface area contributed by atoms with Gasteiger partial charge in [0.15, 0.2) is 0 Å². The molecule has 0 saturated carbocycles. The van der Waals surface area contributed by atoms with Crippen molar-refractivity contribution < 1.29 is 9.53 Å². The number of nitrogens with one attached hydrogen (secondary N) is 1. The Morgan fingerprint density at radius 2 is 2.26 bits per heavy atom. The van der Waals surface area contributed by atoms with Crippen LogP contribution in [0.2, 0.25) is 0 Å². The third kappa shape index (κ3) is 4.14. The number of aromatic nitrogens is 2. The summed E-state index contributed by atoms with van der Waals surface area (Å²) in [6, 6.07) is -0.0682. The summed E-state index contributed by atoms with van der Waals surface area (Å²) in [5.74, 6) is 1.37. The van der Waals surface area contributed by atoms with Crippen molar-refractivity contribution in [3.05, 3.63) is 5.82 Å². The number of aryl methyl sites for hydroxylation is 1. The fourth-order valence-corrected chi connectivity index (χ4v) is 2.79. The van der Waals surface area contributed by atoms with Crippen LogP contribution in [0.15, 0.2) is 0 Å². The molecule has 1 aromatic rings. The predicted molar refractivity (Wildman–Crippen MR) is 74.5 cm³/mol. The average Bonchev–Trinajstić information content (AvgIpc) is 2.82. The molecule has 106 valence electrons. The number of carbonyl (C=O) groups excluding carboxylic acids is 1. The van der Waals surface area contributed by atoms with Gasteiger partial charge < -0.3 is 9.64 Å². The quantitative estimate of drug-likeness (QED) is 0.919. The molecule has 19 heavy (non-hydrogen) atoms. The molecule has 0 bridgehead atoms. The Kier molecular flexibility index (Phi) is 5.09. The van der Waals surface area contributed by atoms with Crippen LogP contribution in [0.3, 0.4) is 0 Å². The number of nitrogens with zero attached hydrogens (tertiary/aromatic N) is 3. The highest BCUT2D eigenvalue weighted by Crippen LogP contribution is 2.21. The first kappa shape index (κ1) is 14.2. The van der Waals surface area contributed by atoms with Gasteiger partial charge in [0.05, 0.1) is 0 Å². The Hall–Kier alpha value is -1.21. The number of ether oxygens (including phenoxy) is 1.